The molecule has 0 aromatic heterocycles. The third kappa shape index (κ3) is 4.15. The van der Waals surface area contributed by atoms with Gasteiger partial charge in [-0.2, -0.15) is 0 Å². The predicted octanol–water partition coefficient (Wildman–Crippen LogP) is 1.97. The van der Waals surface area contributed by atoms with E-state index in [2.05, 4.69) is 0 Å². The quantitative estimate of drug-likeness (QED) is 0.801. The van der Waals surface area contributed by atoms with Crippen LogP contribution in [0.2, 0.25) is 0 Å². The number of anilines is 1. The van der Waals surface area contributed by atoms with E-state index in [1.165, 1.54) is 23.1 Å². The Morgan fingerprint density at radius 2 is 1.96 bits per heavy atom. The van der Waals surface area contributed by atoms with Crippen LogP contribution in [-0.4, -0.2) is 35.4 Å². The lowest BCUT2D eigenvalue weighted by atomic mass is 9.96. The smallest absolute Gasteiger partial charge is 0.247 e. The highest BCUT2D eigenvalue weighted by molar-refractivity contribution is 8.16. The number of thioether (sulfide) groups is 1. The van der Waals surface area contributed by atoms with Crippen molar-refractivity contribution >= 4 is 34.5 Å². The third-order valence-corrected chi connectivity index (χ3v) is 5.64. The summed E-state index contributed by atoms with van der Waals surface area (Å²) in [7, 11) is 1.58. The molecule has 7 heteroatoms. The Balaban J connectivity index is 1.89. The topological polar surface area (TPSA) is 82.0 Å². The number of amides is 1. The molecule has 1 atom stereocenters. The van der Waals surface area contributed by atoms with Gasteiger partial charge in [0.25, 0.3) is 0 Å². The fourth-order valence-corrected chi connectivity index (χ4v) is 4.36. The van der Waals surface area contributed by atoms with Crippen molar-refractivity contribution in [3.63, 3.8) is 0 Å². The van der Waals surface area contributed by atoms with Gasteiger partial charge in [0.2, 0.25) is 5.91 Å². The first-order valence-electron chi connectivity index (χ1n) is 8.51. The molecule has 0 N–H and O–H groups in total. The fraction of sp³-hybridized carbons (Fsp3) is 0.500. The molecule has 0 unspecified atom stereocenters. The Hall–Kier alpha value is -2.02. The molecule has 25 heavy (non-hydrogen) atoms. The van der Waals surface area contributed by atoms with Crippen LogP contribution in [0, 0.1) is 0 Å². The van der Waals surface area contributed by atoms with Crippen LogP contribution in [0.25, 0.3) is 0 Å². The number of nitrogens with zero attached hydrogens (tertiary/aromatic N) is 2. The monoisotopic (exact) mass is 361 g/mol. The summed E-state index contributed by atoms with van der Waals surface area (Å²) in [4.78, 5) is 30.0. The van der Waals surface area contributed by atoms with Gasteiger partial charge in [0, 0.05) is 12.4 Å². The van der Waals surface area contributed by atoms with Crippen LogP contribution in [0.5, 0.6) is 5.75 Å². The van der Waals surface area contributed by atoms with Gasteiger partial charge < -0.3 is 14.6 Å². The van der Waals surface area contributed by atoms with Crippen molar-refractivity contribution in [2.45, 2.75) is 49.8 Å². The Morgan fingerprint density at radius 3 is 2.56 bits per heavy atom. The zero-order valence-electron chi connectivity index (χ0n) is 14.1. The Bertz CT molecular complexity index is 668. The Labute approximate surface area is 151 Å². The number of ether oxygens (including phenoxy) is 1. The van der Waals surface area contributed by atoms with Crippen LogP contribution in [0.15, 0.2) is 29.3 Å². The molecule has 1 amide bonds. The molecule has 1 aliphatic carbocycles. The fourth-order valence-electron chi connectivity index (χ4n) is 3.17. The van der Waals surface area contributed by atoms with Gasteiger partial charge in [0.15, 0.2) is 5.17 Å². The van der Waals surface area contributed by atoms with E-state index in [9.17, 15) is 14.7 Å². The van der Waals surface area contributed by atoms with E-state index in [0.717, 1.165) is 25.7 Å². The van der Waals surface area contributed by atoms with E-state index in [0.29, 0.717) is 16.6 Å². The highest BCUT2D eigenvalue weighted by Gasteiger charge is 2.39. The maximum Gasteiger partial charge on any atom is 0.247 e. The number of hydrogen-bond acceptors (Lipinski definition) is 6. The number of carbonyl (C=O) groups is 2. The van der Waals surface area contributed by atoms with Gasteiger partial charge in [0.1, 0.15) is 5.75 Å². The number of benzene rings is 1. The summed E-state index contributed by atoms with van der Waals surface area (Å²) in [6.45, 7) is 0. The summed E-state index contributed by atoms with van der Waals surface area (Å²) in [5, 5.41) is 10.9. The molecule has 0 radical (unpaired) electrons. The molecule has 1 aliphatic heterocycles. The van der Waals surface area contributed by atoms with E-state index >= 15 is 0 Å². The van der Waals surface area contributed by atoms with E-state index in [-0.39, 0.29) is 18.4 Å². The first-order valence-corrected chi connectivity index (χ1v) is 9.39. The second-order valence-electron chi connectivity index (χ2n) is 6.26. The summed E-state index contributed by atoms with van der Waals surface area (Å²) in [5.74, 6) is -0.784. The summed E-state index contributed by atoms with van der Waals surface area (Å²) < 4.78 is 5.16. The van der Waals surface area contributed by atoms with Crippen LogP contribution < -0.4 is 14.7 Å². The number of hydrogen-bond donors (Lipinski definition) is 0. The minimum absolute atomic E-state index is 0.200. The zero-order chi connectivity index (χ0) is 17.8. The molecule has 2 fully saturated rings. The minimum Gasteiger partial charge on any atom is -0.550 e. The lowest BCUT2D eigenvalue weighted by Crippen LogP contribution is -2.35. The van der Waals surface area contributed by atoms with Crippen LogP contribution in [0.1, 0.15) is 38.5 Å². The van der Waals surface area contributed by atoms with Gasteiger partial charge in [-0.05, 0) is 37.1 Å². The van der Waals surface area contributed by atoms with Crippen molar-refractivity contribution < 1.29 is 19.4 Å². The standard InChI is InChI=1S/C18H22N2O4S/c1-24-14-9-7-13(8-10-14)20-17(23)15(11-16(21)22)25-18(20)19-12-5-3-2-4-6-12/h7-10,12,15H,2-6,11H2,1H3,(H,21,22)/p-1/t15-/m1/s1. The molecular formula is C18H21N2O4S-. The Morgan fingerprint density at radius 1 is 1.28 bits per heavy atom. The molecule has 134 valence electrons. The molecule has 3 rings (SSSR count). The maximum absolute atomic E-state index is 12.7. The second kappa shape index (κ2) is 7.91. The average Bonchev–Trinajstić information content (AvgIpc) is 2.90. The average molecular weight is 361 g/mol. The predicted molar refractivity (Wildman–Crippen MR) is 95.8 cm³/mol. The number of carboxylic acids is 1. The van der Waals surface area contributed by atoms with Crippen LogP contribution in [0.3, 0.4) is 0 Å². The van der Waals surface area contributed by atoms with Crippen molar-refractivity contribution in [3.8, 4) is 5.75 Å². The van der Waals surface area contributed by atoms with E-state index in [1.54, 1.807) is 31.4 Å². The zero-order valence-corrected chi connectivity index (χ0v) is 15.0. The summed E-state index contributed by atoms with van der Waals surface area (Å²) in [6.07, 6.45) is 5.23. The highest BCUT2D eigenvalue weighted by atomic mass is 32.2. The van der Waals surface area contributed by atoms with Crippen LogP contribution >= 0.6 is 11.8 Å². The molecule has 1 aromatic rings. The first-order chi connectivity index (χ1) is 12.1. The SMILES string of the molecule is COc1ccc(N2C(=O)[C@@H](CC(=O)[O-])SC2=NC2CCCCC2)cc1. The maximum atomic E-state index is 12.7. The van der Waals surface area contributed by atoms with Crippen LogP contribution in [0.4, 0.5) is 5.69 Å². The van der Waals surface area contributed by atoms with Crippen molar-refractivity contribution in [2.75, 3.05) is 12.0 Å². The lowest BCUT2D eigenvalue weighted by Gasteiger charge is -2.21. The molecule has 1 heterocycles. The minimum atomic E-state index is -1.22. The van der Waals surface area contributed by atoms with Crippen molar-refractivity contribution in [1.82, 2.24) is 0 Å². The molecular weight excluding hydrogens is 340 g/mol. The Kier molecular flexibility index (Phi) is 5.63. The van der Waals surface area contributed by atoms with E-state index in [1.807, 2.05) is 0 Å². The largest absolute Gasteiger partial charge is 0.550 e. The van der Waals surface area contributed by atoms with Crippen molar-refractivity contribution in [2.24, 2.45) is 4.99 Å². The van der Waals surface area contributed by atoms with Crippen LogP contribution in [-0.2, 0) is 9.59 Å². The molecule has 6 nitrogen and oxygen atoms in total. The summed E-state index contributed by atoms with van der Waals surface area (Å²) >= 11 is 1.23. The summed E-state index contributed by atoms with van der Waals surface area (Å²) in [5.41, 5.74) is 0.675. The highest BCUT2D eigenvalue weighted by Crippen LogP contribution is 2.35. The van der Waals surface area contributed by atoms with Gasteiger partial charge in [-0.15, -0.1) is 0 Å². The molecule has 2 aliphatic rings. The van der Waals surface area contributed by atoms with Gasteiger partial charge in [0.05, 0.1) is 24.1 Å². The van der Waals surface area contributed by atoms with E-state index < -0.39 is 11.2 Å². The van der Waals surface area contributed by atoms with E-state index in [4.69, 9.17) is 9.73 Å². The number of carbonyl (C=O) groups excluding carboxylic acids is 2. The van der Waals surface area contributed by atoms with Crippen molar-refractivity contribution in [1.29, 1.82) is 0 Å². The number of methoxy groups -OCH3 is 1. The molecule has 0 spiro atoms. The molecule has 0 bridgehead atoms. The normalized spacial score (nSPS) is 23.2. The third-order valence-electron chi connectivity index (χ3n) is 4.49. The number of carboxylic acid groups (broad SMARTS) is 1. The molecule has 1 saturated carbocycles. The lowest BCUT2D eigenvalue weighted by molar-refractivity contribution is -0.305. The molecule has 1 saturated heterocycles. The summed E-state index contributed by atoms with van der Waals surface area (Å²) in [6, 6.07) is 7.32. The van der Waals surface area contributed by atoms with Gasteiger partial charge in [-0.3, -0.25) is 14.7 Å². The van der Waals surface area contributed by atoms with Crippen molar-refractivity contribution in [3.05, 3.63) is 24.3 Å². The number of rotatable bonds is 5. The van der Waals surface area contributed by atoms with Gasteiger partial charge in [-0.25, -0.2) is 0 Å². The van der Waals surface area contributed by atoms with Gasteiger partial charge in [-0.1, -0.05) is 31.0 Å². The number of aliphatic imine (C=N–C) groups is 1. The number of aliphatic carboxylic acids is 1. The number of amidine groups is 1. The van der Waals surface area contributed by atoms with Gasteiger partial charge >= 0.3 is 0 Å². The first kappa shape index (κ1) is 17.8. The second-order valence-corrected chi connectivity index (χ2v) is 7.43. The molecule has 1 aromatic carbocycles.